The van der Waals surface area contributed by atoms with E-state index in [0.29, 0.717) is 0 Å². The standard InChI is InChI=1S/C12H22N2O3/c1-8(2)13-12(17)14-10(11(15)16)9-6-4-3-5-7-9/h8-10H,3-7H2,1-2H3,(H,15,16)(H2,13,14,17). The zero-order valence-corrected chi connectivity index (χ0v) is 10.5. The van der Waals surface area contributed by atoms with Crippen LogP contribution in [0.2, 0.25) is 0 Å². The van der Waals surface area contributed by atoms with E-state index in [1.165, 1.54) is 6.42 Å². The van der Waals surface area contributed by atoms with E-state index in [-0.39, 0.29) is 12.0 Å². The number of carbonyl (C=O) groups excluding carboxylic acids is 1. The summed E-state index contributed by atoms with van der Waals surface area (Å²) in [5.41, 5.74) is 0. The van der Waals surface area contributed by atoms with Crippen LogP contribution in [0.5, 0.6) is 0 Å². The van der Waals surface area contributed by atoms with Crippen LogP contribution in [0.3, 0.4) is 0 Å². The summed E-state index contributed by atoms with van der Waals surface area (Å²) in [6.07, 6.45) is 5.06. The van der Waals surface area contributed by atoms with Crippen molar-refractivity contribution in [3.8, 4) is 0 Å². The van der Waals surface area contributed by atoms with E-state index in [2.05, 4.69) is 10.6 Å². The molecule has 0 heterocycles. The lowest BCUT2D eigenvalue weighted by atomic mass is 9.84. The third-order valence-electron chi connectivity index (χ3n) is 3.09. The van der Waals surface area contributed by atoms with Crippen LogP contribution in [0.1, 0.15) is 46.0 Å². The molecule has 0 radical (unpaired) electrons. The molecule has 98 valence electrons. The number of hydrogen-bond acceptors (Lipinski definition) is 2. The predicted octanol–water partition coefficient (Wildman–Crippen LogP) is 1.73. The minimum atomic E-state index is -0.934. The summed E-state index contributed by atoms with van der Waals surface area (Å²) in [5, 5.41) is 14.4. The number of nitrogens with one attached hydrogen (secondary N) is 2. The summed E-state index contributed by atoms with van der Waals surface area (Å²) in [7, 11) is 0. The molecule has 0 saturated heterocycles. The Labute approximate surface area is 102 Å². The van der Waals surface area contributed by atoms with Gasteiger partial charge in [0.15, 0.2) is 0 Å². The van der Waals surface area contributed by atoms with Gasteiger partial charge in [-0.05, 0) is 32.6 Å². The summed E-state index contributed by atoms with van der Waals surface area (Å²) < 4.78 is 0. The largest absolute Gasteiger partial charge is 0.480 e. The lowest BCUT2D eigenvalue weighted by Crippen LogP contribution is -2.51. The van der Waals surface area contributed by atoms with Crippen LogP contribution in [0, 0.1) is 5.92 Å². The number of aliphatic carboxylic acids is 1. The number of rotatable bonds is 4. The highest BCUT2D eigenvalue weighted by Gasteiger charge is 2.30. The van der Waals surface area contributed by atoms with Crippen molar-refractivity contribution in [2.75, 3.05) is 0 Å². The fraction of sp³-hybridized carbons (Fsp3) is 0.833. The Morgan fingerprint density at radius 1 is 1.12 bits per heavy atom. The quantitative estimate of drug-likeness (QED) is 0.702. The van der Waals surface area contributed by atoms with Gasteiger partial charge in [-0.1, -0.05) is 19.3 Å². The molecule has 0 aromatic heterocycles. The van der Waals surface area contributed by atoms with Crippen molar-refractivity contribution in [3.05, 3.63) is 0 Å². The van der Waals surface area contributed by atoms with Crippen molar-refractivity contribution in [2.24, 2.45) is 5.92 Å². The summed E-state index contributed by atoms with van der Waals surface area (Å²) in [5.74, 6) is -0.866. The Kier molecular flexibility index (Phi) is 5.25. The minimum Gasteiger partial charge on any atom is -0.480 e. The third kappa shape index (κ3) is 4.63. The van der Waals surface area contributed by atoms with Gasteiger partial charge in [-0.15, -0.1) is 0 Å². The molecule has 2 amide bonds. The Balaban J connectivity index is 2.53. The van der Waals surface area contributed by atoms with Crippen LogP contribution in [-0.4, -0.2) is 29.2 Å². The molecular formula is C12H22N2O3. The Morgan fingerprint density at radius 2 is 1.71 bits per heavy atom. The maximum atomic E-state index is 11.5. The molecule has 0 aliphatic heterocycles. The zero-order valence-electron chi connectivity index (χ0n) is 10.5. The fourth-order valence-electron chi connectivity index (χ4n) is 2.29. The van der Waals surface area contributed by atoms with E-state index >= 15 is 0 Å². The number of urea groups is 1. The normalized spacial score (nSPS) is 18.8. The first-order chi connectivity index (χ1) is 8.00. The maximum Gasteiger partial charge on any atom is 0.326 e. The first-order valence-corrected chi connectivity index (χ1v) is 6.30. The van der Waals surface area contributed by atoms with Gasteiger partial charge in [0.2, 0.25) is 0 Å². The molecular weight excluding hydrogens is 220 g/mol. The highest BCUT2D eigenvalue weighted by Crippen LogP contribution is 2.26. The first-order valence-electron chi connectivity index (χ1n) is 6.30. The zero-order chi connectivity index (χ0) is 12.8. The molecule has 1 fully saturated rings. The van der Waals surface area contributed by atoms with Crippen molar-refractivity contribution < 1.29 is 14.7 Å². The average Bonchev–Trinajstić information content (AvgIpc) is 2.25. The molecule has 1 atom stereocenters. The fourth-order valence-corrected chi connectivity index (χ4v) is 2.29. The monoisotopic (exact) mass is 242 g/mol. The van der Waals surface area contributed by atoms with Crippen molar-refractivity contribution >= 4 is 12.0 Å². The van der Waals surface area contributed by atoms with Gasteiger partial charge < -0.3 is 15.7 Å². The highest BCUT2D eigenvalue weighted by molar-refractivity contribution is 5.82. The topological polar surface area (TPSA) is 78.4 Å². The lowest BCUT2D eigenvalue weighted by Gasteiger charge is -2.28. The number of carboxylic acids is 1. The van der Waals surface area contributed by atoms with Crippen molar-refractivity contribution in [2.45, 2.75) is 58.0 Å². The van der Waals surface area contributed by atoms with Crippen LogP contribution < -0.4 is 10.6 Å². The number of hydrogen-bond donors (Lipinski definition) is 3. The van der Waals surface area contributed by atoms with Crippen LogP contribution in [0.4, 0.5) is 4.79 Å². The summed E-state index contributed by atoms with van der Waals surface area (Å²) in [4.78, 5) is 22.7. The summed E-state index contributed by atoms with van der Waals surface area (Å²) >= 11 is 0. The molecule has 1 aliphatic rings. The van der Waals surface area contributed by atoms with Gasteiger partial charge in [0, 0.05) is 6.04 Å². The van der Waals surface area contributed by atoms with Gasteiger partial charge in [0.25, 0.3) is 0 Å². The molecule has 3 N–H and O–H groups in total. The summed E-state index contributed by atoms with van der Waals surface area (Å²) in [6, 6.07) is -1.14. The van der Waals surface area contributed by atoms with Gasteiger partial charge in [0.05, 0.1) is 0 Å². The van der Waals surface area contributed by atoms with Crippen molar-refractivity contribution in [1.29, 1.82) is 0 Å². The molecule has 5 heteroatoms. The molecule has 0 aromatic carbocycles. The second-order valence-electron chi connectivity index (χ2n) is 4.99. The number of amides is 2. The third-order valence-corrected chi connectivity index (χ3v) is 3.09. The van der Waals surface area contributed by atoms with Crippen LogP contribution in [0.15, 0.2) is 0 Å². The average molecular weight is 242 g/mol. The van der Waals surface area contributed by atoms with E-state index in [1.807, 2.05) is 13.8 Å². The molecule has 1 saturated carbocycles. The van der Waals surface area contributed by atoms with Crippen molar-refractivity contribution in [1.82, 2.24) is 10.6 Å². The highest BCUT2D eigenvalue weighted by atomic mass is 16.4. The van der Waals surface area contributed by atoms with Gasteiger partial charge in [-0.2, -0.15) is 0 Å². The first kappa shape index (κ1) is 13.8. The predicted molar refractivity (Wildman–Crippen MR) is 64.8 cm³/mol. The maximum absolute atomic E-state index is 11.5. The van der Waals surface area contributed by atoms with Gasteiger partial charge in [-0.3, -0.25) is 0 Å². The minimum absolute atomic E-state index is 0.0100. The molecule has 5 nitrogen and oxygen atoms in total. The van der Waals surface area contributed by atoms with E-state index in [0.717, 1.165) is 25.7 Å². The van der Waals surface area contributed by atoms with Crippen LogP contribution in [-0.2, 0) is 4.79 Å². The second-order valence-corrected chi connectivity index (χ2v) is 4.99. The van der Waals surface area contributed by atoms with E-state index < -0.39 is 18.0 Å². The molecule has 0 aromatic rings. The van der Waals surface area contributed by atoms with Crippen molar-refractivity contribution in [3.63, 3.8) is 0 Å². The van der Waals surface area contributed by atoms with E-state index in [9.17, 15) is 9.59 Å². The molecule has 0 bridgehead atoms. The van der Waals surface area contributed by atoms with Crippen LogP contribution >= 0.6 is 0 Å². The summed E-state index contributed by atoms with van der Waals surface area (Å²) in [6.45, 7) is 3.69. The van der Waals surface area contributed by atoms with E-state index in [1.54, 1.807) is 0 Å². The number of carbonyl (C=O) groups is 2. The van der Waals surface area contributed by atoms with Crippen LogP contribution in [0.25, 0.3) is 0 Å². The molecule has 17 heavy (non-hydrogen) atoms. The van der Waals surface area contributed by atoms with E-state index in [4.69, 9.17) is 5.11 Å². The molecule has 1 rings (SSSR count). The smallest absolute Gasteiger partial charge is 0.326 e. The lowest BCUT2D eigenvalue weighted by molar-refractivity contribution is -0.141. The van der Waals surface area contributed by atoms with Gasteiger partial charge in [-0.25, -0.2) is 9.59 Å². The Morgan fingerprint density at radius 3 is 2.18 bits per heavy atom. The van der Waals surface area contributed by atoms with Gasteiger partial charge in [0.1, 0.15) is 6.04 Å². The Bertz CT molecular complexity index is 273. The molecule has 1 aliphatic carbocycles. The SMILES string of the molecule is CC(C)NC(=O)NC(C(=O)O)C1CCCCC1. The Hall–Kier alpha value is -1.26. The number of carboxylic acid groups (broad SMARTS) is 1. The molecule has 1 unspecified atom stereocenters. The van der Waals surface area contributed by atoms with Gasteiger partial charge >= 0.3 is 12.0 Å². The molecule has 0 spiro atoms. The second kappa shape index (κ2) is 6.47.